The number of rotatable bonds is 6. The fourth-order valence-corrected chi connectivity index (χ4v) is 1.85. The zero-order chi connectivity index (χ0) is 14.5. The fraction of sp³-hybridized carbons (Fsp3) is 0.429. The van der Waals surface area contributed by atoms with Crippen LogP contribution in [0.3, 0.4) is 0 Å². The van der Waals surface area contributed by atoms with Gasteiger partial charge in [0.15, 0.2) is 0 Å². The van der Waals surface area contributed by atoms with Crippen molar-refractivity contribution in [1.82, 2.24) is 15.5 Å². The van der Waals surface area contributed by atoms with Crippen LogP contribution in [-0.4, -0.2) is 23.3 Å². The van der Waals surface area contributed by atoms with Gasteiger partial charge in [-0.3, -0.25) is 0 Å². The van der Waals surface area contributed by atoms with Crippen molar-refractivity contribution < 1.29 is 13.2 Å². The number of aromatic nitrogens is 2. The maximum atomic E-state index is 13.9. The van der Waals surface area contributed by atoms with Gasteiger partial charge in [0.05, 0.1) is 0 Å². The third-order valence-electron chi connectivity index (χ3n) is 2.96. The second-order valence-corrected chi connectivity index (χ2v) is 4.51. The molecule has 4 nitrogen and oxygen atoms in total. The summed E-state index contributed by atoms with van der Waals surface area (Å²) in [5.41, 5.74) is 0.0868. The molecule has 0 aliphatic heterocycles. The van der Waals surface area contributed by atoms with E-state index in [1.807, 2.05) is 6.92 Å². The van der Waals surface area contributed by atoms with E-state index in [0.29, 0.717) is 17.9 Å². The number of hydrogen-bond acceptors (Lipinski definition) is 4. The average Bonchev–Trinajstić information content (AvgIpc) is 2.88. The largest absolute Gasteiger partial charge is 0.420 e. The van der Waals surface area contributed by atoms with E-state index in [1.54, 1.807) is 6.92 Å². The lowest BCUT2D eigenvalue weighted by Crippen LogP contribution is -2.14. The molecule has 6 heteroatoms. The molecule has 0 amide bonds. The molecule has 0 radical (unpaired) electrons. The van der Waals surface area contributed by atoms with Gasteiger partial charge in [0.2, 0.25) is 5.89 Å². The summed E-state index contributed by atoms with van der Waals surface area (Å²) in [7, 11) is 0. The van der Waals surface area contributed by atoms with Crippen LogP contribution < -0.4 is 5.32 Å². The van der Waals surface area contributed by atoms with Crippen LogP contribution in [0.1, 0.15) is 24.8 Å². The summed E-state index contributed by atoms with van der Waals surface area (Å²) in [4.78, 5) is 0. The van der Waals surface area contributed by atoms with Crippen molar-refractivity contribution in [1.29, 1.82) is 0 Å². The molecule has 2 aromatic rings. The first-order valence-electron chi connectivity index (χ1n) is 6.61. The monoisotopic (exact) mass is 281 g/mol. The summed E-state index contributed by atoms with van der Waals surface area (Å²) in [6.45, 7) is 5.32. The molecule has 0 unspecified atom stereocenters. The minimum Gasteiger partial charge on any atom is -0.420 e. The van der Waals surface area contributed by atoms with E-state index < -0.39 is 11.6 Å². The SMILES string of the molecule is CCNCCCc1nnc(-c2c(F)ccc(C)c2F)o1. The number of hydrogen-bond donors (Lipinski definition) is 1. The van der Waals surface area contributed by atoms with Crippen LogP contribution >= 0.6 is 0 Å². The maximum absolute atomic E-state index is 13.9. The van der Waals surface area contributed by atoms with Gasteiger partial charge in [-0.15, -0.1) is 10.2 Å². The summed E-state index contributed by atoms with van der Waals surface area (Å²) in [5.74, 6) is -1.08. The van der Waals surface area contributed by atoms with E-state index in [2.05, 4.69) is 15.5 Å². The van der Waals surface area contributed by atoms with Gasteiger partial charge in [-0.2, -0.15) is 0 Å². The summed E-state index contributed by atoms with van der Waals surface area (Å²) in [6.07, 6.45) is 1.41. The van der Waals surface area contributed by atoms with Gasteiger partial charge in [0.1, 0.15) is 17.2 Å². The smallest absolute Gasteiger partial charge is 0.253 e. The highest BCUT2D eigenvalue weighted by Gasteiger charge is 2.19. The third-order valence-corrected chi connectivity index (χ3v) is 2.96. The molecule has 0 bridgehead atoms. The van der Waals surface area contributed by atoms with Crippen molar-refractivity contribution in [3.8, 4) is 11.5 Å². The summed E-state index contributed by atoms with van der Waals surface area (Å²) in [5, 5.41) is 10.7. The van der Waals surface area contributed by atoms with Crippen molar-refractivity contribution in [3.05, 3.63) is 35.2 Å². The van der Waals surface area contributed by atoms with E-state index in [4.69, 9.17) is 4.42 Å². The first-order valence-corrected chi connectivity index (χ1v) is 6.61. The molecular formula is C14H17F2N3O. The maximum Gasteiger partial charge on any atom is 0.253 e. The second kappa shape index (κ2) is 6.56. The molecule has 1 N–H and O–H groups in total. The highest BCUT2D eigenvalue weighted by molar-refractivity contribution is 5.56. The molecule has 0 saturated heterocycles. The van der Waals surface area contributed by atoms with Crippen molar-refractivity contribution in [2.75, 3.05) is 13.1 Å². The zero-order valence-electron chi connectivity index (χ0n) is 11.5. The minimum atomic E-state index is -0.698. The van der Waals surface area contributed by atoms with Gasteiger partial charge in [-0.05, 0) is 38.1 Å². The molecular weight excluding hydrogens is 264 g/mol. The minimum absolute atomic E-state index is 0.109. The van der Waals surface area contributed by atoms with Gasteiger partial charge < -0.3 is 9.73 Å². The van der Waals surface area contributed by atoms with Crippen molar-refractivity contribution in [2.24, 2.45) is 0 Å². The van der Waals surface area contributed by atoms with Gasteiger partial charge in [0, 0.05) is 6.42 Å². The Balaban J connectivity index is 2.15. The number of benzene rings is 1. The molecule has 1 aromatic carbocycles. The third kappa shape index (κ3) is 3.19. The number of nitrogens with one attached hydrogen (secondary N) is 1. The summed E-state index contributed by atoms with van der Waals surface area (Å²) in [6, 6.07) is 2.57. The van der Waals surface area contributed by atoms with Crippen LogP contribution in [0.15, 0.2) is 16.5 Å². The first-order chi connectivity index (χ1) is 9.63. The lowest BCUT2D eigenvalue weighted by molar-refractivity contribution is 0.483. The Bertz CT molecular complexity index is 584. The van der Waals surface area contributed by atoms with E-state index in [1.165, 1.54) is 12.1 Å². The van der Waals surface area contributed by atoms with E-state index in [9.17, 15) is 8.78 Å². The van der Waals surface area contributed by atoms with Crippen LogP contribution in [0.4, 0.5) is 8.78 Å². The molecule has 108 valence electrons. The molecule has 0 fully saturated rings. The van der Waals surface area contributed by atoms with Gasteiger partial charge in [-0.1, -0.05) is 13.0 Å². The average molecular weight is 281 g/mol. The Morgan fingerprint density at radius 1 is 1.25 bits per heavy atom. The van der Waals surface area contributed by atoms with Crippen molar-refractivity contribution in [3.63, 3.8) is 0 Å². The van der Waals surface area contributed by atoms with E-state index in [0.717, 1.165) is 19.5 Å². The molecule has 2 rings (SSSR count). The summed E-state index contributed by atoms with van der Waals surface area (Å²) < 4.78 is 33.0. The predicted octanol–water partition coefficient (Wildman–Crippen LogP) is 2.87. The highest BCUT2D eigenvalue weighted by atomic mass is 19.1. The Morgan fingerprint density at radius 3 is 2.80 bits per heavy atom. The normalized spacial score (nSPS) is 11.0. The van der Waals surface area contributed by atoms with Crippen LogP contribution in [0.5, 0.6) is 0 Å². The predicted molar refractivity (Wildman–Crippen MR) is 71.3 cm³/mol. The number of nitrogens with zero attached hydrogens (tertiary/aromatic N) is 2. The van der Waals surface area contributed by atoms with Crippen LogP contribution in [0.2, 0.25) is 0 Å². The van der Waals surface area contributed by atoms with Crippen LogP contribution in [0.25, 0.3) is 11.5 Å². The zero-order valence-corrected chi connectivity index (χ0v) is 11.5. The quantitative estimate of drug-likeness (QED) is 0.827. The molecule has 1 heterocycles. The van der Waals surface area contributed by atoms with Crippen molar-refractivity contribution >= 4 is 0 Å². The standard InChI is InChI=1S/C14H17F2N3O/c1-3-17-8-4-5-11-18-19-14(20-11)12-10(15)7-6-9(2)13(12)16/h6-7,17H,3-5,8H2,1-2H3. The van der Waals surface area contributed by atoms with Gasteiger partial charge >= 0.3 is 0 Å². The fourth-order valence-electron chi connectivity index (χ4n) is 1.85. The highest BCUT2D eigenvalue weighted by Crippen LogP contribution is 2.27. The topological polar surface area (TPSA) is 51.0 Å². The molecule has 20 heavy (non-hydrogen) atoms. The Kier molecular flexibility index (Phi) is 4.79. The molecule has 0 aliphatic carbocycles. The van der Waals surface area contributed by atoms with Crippen molar-refractivity contribution in [2.45, 2.75) is 26.7 Å². The second-order valence-electron chi connectivity index (χ2n) is 4.51. The number of halogens is 2. The Labute approximate surface area is 116 Å². The Morgan fingerprint density at radius 2 is 2.05 bits per heavy atom. The molecule has 0 saturated carbocycles. The molecule has 0 aliphatic rings. The molecule has 0 spiro atoms. The molecule has 1 aromatic heterocycles. The Hall–Kier alpha value is -1.82. The summed E-state index contributed by atoms with van der Waals surface area (Å²) >= 11 is 0. The van der Waals surface area contributed by atoms with E-state index >= 15 is 0 Å². The van der Waals surface area contributed by atoms with Crippen LogP contribution in [0, 0.1) is 18.6 Å². The van der Waals surface area contributed by atoms with E-state index in [-0.39, 0.29) is 11.5 Å². The lowest BCUT2D eigenvalue weighted by atomic mass is 10.1. The molecule has 0 atom stereocenters. The van der Waals surface area contributed by atoms with Crippen LogP contribution in [-0.2, 0) is 6.42 Å². The first kappa shape index (κ1) is 14.6. The number of aryl methyl sites for hydroxylation is 2. The van der Waals surface area contributed by atoms with Gasteiger partial charge in [-0.25, -0.2) is 8.78 Å². The lowest BCUT2D eigenvalue weighted by Gasteiger charge is -2.02. The van der Waals surface area contributed by atoms with Gasteiger partial charge in [0.25, 0.3) is 5.89 Å².